The number of hydrogen-bond acceptors (Lipinski definition) is 3. The lowest BCUT2D eigenvalue weighted by molar-refractivity contribution is 0.271. The summed E-state index contributed by atoms with van der Waals surface area (Å²) in [6.07, 6.45) is 9.03. The maximum Gasteiger partial charge on any atom is 0.116 e. The smallest absolute Gasteiger partial charge is 0.116 e. The molecule has 0 aliphatic heterocycles. The van der Waals surface area contributed by atoms with Gasteiger partial charge in [0.15, 0.2) is 0 Å². The van der Waals surface area contributed by atoms with Gasteiger partial charge in [0.2, 0.25) is 0 Å². The van der Waals surface area contributed by atoms with E-state index in [0.717, 1.165) is 18.6 Å². The Balaban J connectivity index is 1.88. The zero-order valence-corrected chi connectivity index (χ0v) is 19.6. The number of benzene rings is 2. The van der Waals surface area contributed by atoms with E-state index in [1.165, 1.54) is 43.2 Å². The number of unbranched alkanes of at least 4 members (excludes halogenated alkanes) is 4. The fourth-order valence-electron chi connectivity index (χ4n) is 3.47. The minimum atomic E-state index is -2.67. The molecule has 0 saturated carbocycles. The van der Waals surface area contributed by atoms with Gasteiger partial charge in [-0.1, -0.05) is 93.3 Å². The Morgan fingerprint density at radius 2 is 1.34 bits per heavy atom. The molecule has 2 aromatic rings. The van der Waals surface area contributed by atoms with E-state index in [0.29, 0.717) is 18.1 Å². The Kier molecular flexibility index (Phi) is 11.8. The average molecular weight is 433 g/mol. The van der Waals surface area contributed by atoms with Crippen LogP contribution in [0.1, 0.15) is 50.2 Å². The zero-order chi connectivity index (χ0) is 20.8. The minimum Gasteiger partial charge on any atom is -0.385 e. The van der Waals surface area contributed by atoms with Crippen LogP contribution < -0.4 is 0 Å². The van der Waals surface area contributed by atoms with Crippen LogP contribution in [0.5, 0.6) is 0 Å². The van der Waals surface area contributed by atoms with Crippen LogP contribution in [0.25, 0.3) is 0 Å². The first-order valence-corrected chi connectivity index (χ1v) is 14.4. The number of aliphatic hydroxyl groups excluding tert-OH is 1. The van der Waals surface area contributed by atoms with Crippen molar-refractivity contribution in [1.82, 2.24) is 0 Å². The largest absolute Gasteiger partial charge is 0.385 e. The van der Waals surface area contributed by atoms with Gasteiger partial charge in [-0.2, -0.15) is 11.8 Å². The first kappa shape index (κ1) is 24.3. The van der Waals surface area contributed by atoms with E-state index < -0.39 is 13.0 Å². The lowest BCUT2D eigenvalue weighted by atomic mass is 10.2. The van der Waals surface area contributed by atoms with Crippen molar-refractivity contribution < 1.29 is 9.67 Å². The molecule has 0 aliphatic carbocycles. The minimum absolute atomic E-state index is 0.585. The summed E-state index contributed by atoms with van der Waals surface area (Å²) in [4.78, 5) is 0. The number of rotatable bonds is 15. The molecule has 29 heavy (non-hydrogen) atoms. The molecule has 2 aromatic carbocycles. The van der Waals surface area contributed by atoms with Crippen LogP contribution in [0.2, 0.25) is 0 Å². The zero-order valence-electron chi connectivity index (χ0n) is 17.8. The fraction of sp³-hybridized carbons (Fsp3) is 0.520. The molecule has 4 heteroatoms. The van der Waals surface area contributed by atoms with E-state index in [9.17, 15) is 9.67 Å². The summed E-state index contributed by atoms with van der Waals surface area (Å²) < 4.78 is 13.8. The van der Waals surface area contributed by atoms with Crippen molar-refractivity contribution in [2.24, 2.45) is 0 Å². The first-order chi connectivity index (χ1) is 14.1. The second-order valence-electron chi connectivity index (χ2n) is 7.84. The molecule has 0 radical (unpaired) electrons. The fourth-order valence-corrected chi connectivity index (χ4v) is 7.75. The second kappa shape index (κ2) is 14.1. The summed E-state index contributed by atoms with van der Waals surface area (Å²) in [7, 11) is -2.67. The van der Waals surface area contributed by atoms with Crippen molar-refractivity contribution in [1.29, 1.82) is 0 Å². The van der Waals surface area contributed by atoms with Gasteiger partial charge >= 0.3 is 0 Å². The SMILES string of the molecule is CCCCCCCSCC(O)P(=O)(CCc1ccccc1)CCc1ccccc1. The molecule has 1 atom stereocenters. The lowest BCUT2D eigenvalue weighted by Gasteiger charge is -2.24. The van der Waals surface area contributed by atoms with Crippen LogP contribution >= 0.6 is 18.9 Å². The molecule has 1 N–H and O–H groups in total. The van der Waals surface area contributed by atoms with Gasteiger partial charge in [0.1, 0.15) is 13.0 Å². The van der Waals surface area contributed by atoms with E-state index in [2.05, 4.69) is 31.2 Å². The van der Waals surface area contributed by atoms with Crippen LogP contribution in [0.3, 0.4) is 0 Å². The van der Waals surface area contributed by atoms with Crippen molar-refractivity contribution in [3.05, 3.63) is 71.8 Å². The van der Waals surface area contributed by atoms with Crippen molar-refractivity contribution in [2.45, 2.75) is 57.7 Å². The first-order valence-electron chi connectivity index (χ1n) is 11.1. The summed E-state index contributed by atoms with van der Waals surface area (Å²) in [6, 6.07) is 20.4. The van der Waals surface area contributed by atoms with Crippen molar-refractivity contribution in [2.75, 3.05) is 23.8 Å². The van der Waals surface area contributed by atoms with Crippen LogP contribution in [0.4, 0.5) is 0 Å². The topological polar surface area (TPSA) is 37.3 Å². The summed E-state index contributed by atoms with van der Waals surface area (Å²) in [6.45, 7) is 2.23. The van der Waals surface area contributed by atoms with Crippen LogP contribution in [-0.4, -0.2) is 34.8 Å². The molecular formula is C25H37O2PS. The van der Waals surface area contributed by atoms with Gasteiger partial charge in [-0.25, -0.2) is 0 Å². The normalized spacial score (nSPS) is 12.8. The molecule has 160 valence electrons. The molecule has 0 spiro atoms. The molecule has 0 aromatic heterocycles. The van der Waals surface area contributed by atoms with E-state index in [1.54, 1.807) is 11.8 Å². The maximum absolute atomic E-state index is 13.8. The molecular weight excluding hydrogens is 395 g/mol. The third-order valence-electron chi connectivity index (χ3n) is 5.45. The Morgan fingerprint density at radius 1 is 0.828 bits per heavy atom. The number of aryl methyl sites for hydroxylation is 2. The Labute approximate surface area is 181 Å². The third kappa shape index (κ3) is 9.55. The summed E-state index contributed by atoms with van der Waals surface area (Å²) in [5.74, 6) is 0.947. The summed E-state index contributed by atoms with van der Waals surface area (Å²) in [5.41, 5.74) is 2.39. The van der Waals surface area contributed by atoms with Gasteiger partial charge in [0, 0.05) is 18.1 Å². The van der Waals surface area contributed by atoms with Crippen molar-refractivity contribution in [3.63, 3.8) is 0 Å². The lowest BCUT2D eigenvalue weighted by Crippen LogP contribution is -2.18. The molecule has 0 amide bonds. The predicted molar refractivity (Wildman–Crippen MR) is 130 cm³/mol. The van der Waals surface area contributed by atoms with E-state index in [4.69, 9.17) is 0 Å². The monoisotopic (exact) mass is 432 g/mol. The quantitative estimate of drug-likeness (QED) is 0.247. The molecule has 1 unspecified atom stereocenters. The standard InChI is InChI=1S/C25H37O2PS/c1-2-3-4-5-12-21-29-22-25(26)28(27,19-17-23-13-8-6-9-14-23)20-18-24-15-10-7-11-16-24/h6-11,13-16,25-26H,2-5,12,17-22H2,1H3. The highest BCUT2D eigenvalue weighted by atomic mass is 32.2. The van der Waals surface area contributed by atoms with Crippen LogP contribution in [0.15, 0.2) is 60.7 Å². The molecule has 0 aliphatic rings. The Bertz CT molecular complexity index is 658. The average Bonchev–Trinajstić information content (AvgIpc) is 2.77. The van der Waals surface area contributed by atoms with Crippen LogP contribution in [-0.2, 0) is 17.4 Å². The van der Waals surface area contributed by atoms with Gasteiger partial charge < -0.3 is 9.67 Å². The predicted octanol–water partition coefficient (Wildman–Crippen LogP) is 6.86. The highest BCUT2D eigenvalue weighted by Gasteiger charge is 2.30. The number of hydrogen-bond donors (Lipinski definition) is 1. The maximum atomic E-state index is 13.8. The van der Waals surface area contributed by atoms with Gasteiger partial charge in [0.25, 0.3) is 0 Å². The number of thioether (sulfide) groups is 1. The molecule has 0 saturated heterocycles. The van der Waals surface area contributed by atoms with Gasteiger partial charge in [-0.05, 0) is 36.1 Å². The summed E-state index contributed by atoms with van der Waals surface area (Å²) in [5, 5.41) is 10.9. The van der Waals surface area contributed by atoms with Gasteiger partial charge in [-0.3, -0.25) is 0 Å². The highest BCUT2D eigenvalue weighted by molar-refractivity contribution is 7.99. The molecule has 2 nitrogen and oxygen atoms in total. The van der Waals surface area contributed by atoms with Crippen molar-refractivity contribution >= 4 is 18.9 Å². The van der Waals surface area contributed by atoms with Crippen molar-refractivity contribution in [3.8, 4) is 0 Å². The van der Waals surface area contributed by atoms with Gasteiger partial charge in [-0.15, -0.1) is 0 Å². The van der Waals surface area contributed by atoms with Gasteiger partial charge in [0.05, 0.1) is 0 Å². The third-order valence-corrected chi connectivity index (χ3v) is 10.1. The van der Waals surface area contributed by atoms with E-state index in [1.807, 2.05) is 36.4 Å². The molecule has 2 rings (SSSR count). The number of aliphatic hydroxyl groups is 1. The molecule has 0 bridgehead atoms. The Morgan fingerprint density at radius 3 is 1.86 bits per heavy atom. The van der Waals surface area contributed by atoms with Crippen LogP contribution in [0, 0.1) is 0 Å². The molecule has 0 fully saturated rings. The second-order valence-corrected chi connectivity index (χ2v) is 12.4. The highest BCUT2D eigenvalue weighted by Crippen LogP contribution is 2.51. The Hall–Kier alpha value is -1.02. The molecule has 0 heterocycles. The van der Waals surface area contributed by atoms with E-state index in [-0.39, 0.29) is 0 Å². The summed E-state index contributed by atoms with van der Waals surface area (Å²) >= 11 is 1.77. The van der Waals surface area contributed by atoms with E-state index >= 15 is 0 Å².